The van der Waals surface area contributed by atoms with Crippen LogP contribution < -0.4 is 0 Å². The van der Waals surface area contributed by atoms with E-state index in [0.717, 1.165) is 24.0 Å². The summed E-state index contributed by atoms with van der Waals surface area (Å²) in [6.45, 7) is 7.54. The summed E-state index contributed by atoms with van der Waals surface area (Å²) < 4.78 is 0. The predicted octanol–water partition coefficient (Wildman–Crippen LogP) is 6.24. The maximum atomic E-state index is 12.3. The van der Waals surface area contributed by atoms with Gasteiger partial charge in [-0.15, -0.1) is 6.58 Å². The molecule has 0 N–H and O–H groups in total. The molecule has 0 saturated carbocycles. The van der Waals surface area contributed by atoms with E-state index in [1.807, 2.05) is 24.8 Å². The molecular weight excluding hydrogens is 364 g/mol. The third kappa shape index (κ3) is 2.99. The zero-order chi connectivity index (χ0) is 16.6. The minimum absolute atomic E-state index is 0.108. The minimum Gasteiger partial charge on any atom is -0.333 e. The molecule has 1 heterocycles. The summed E-state index contributed by atoms with van der Waals surface area (Å²) in [5.41, 5.74) is 1.51. The van der Waals surface area contributed by atoms with Gasteiger partial charge in [-0.05, 0) is 37.8 Å². The van der Waals surface area contributed by atoms with Crippen molar-refractivity contribution in [2.24, 2.45) is 0 Å². The van der Waals surface area contributed by atoms with Crippen LogP contribution in [-0.4, -0.2) is 16.8 Å². The van der Waals surface area contributed by atoms with Crippen molar-refractivity contribution in [3.05, 3.63) is 43.9 Å². The Hall–Kier alpha value is -0.410. The second kappa shape index (κ2) is 7.00. The van der Waals surface area contributed by atoms with Crippen molar-refractivity contribution in [3.8, 4) is 0 Å². The highest BCUT2D eigenvalue weighted by molar-refractivity contribution is 6.52. The molecule has 2 rings (SSSR count). The first-order valence-electron chi connectivity index (χ1n) is 7.05. The van der Waals surface area contributed by atoms with Crippen LogP contribution in [0.15, 0.2) is 12.7 Å². The zero-order valence-electron chi connectivity index (χ0n) is 12.4. The van der Waals surface area contributed by atoms with Gasteiger partial charge in [-0.2, -0.15) is 0 Å². The van der Waals surface area contributed by atoms with Crippen LogP contribution in [0.3, 0.4) is 0 Å². The number of hydrogen-bond donors (Lipinski definition) is 0. The lowest BCUT2D eigenvalue weighted by Gasteiger charge is -2.33. The molecule has 1 fully saturated rings. The number of amides is 1. The summed E-state index contributed by atoms with van der Waals surface area (Å²) in [6.07, 6.45) is 3.94. The first-order valence-corrected chi connectivity index (χ1v) is 8.56. The van der Waals surface area contributed by atoms with Crippen molar-refractivity contribution >= 4 is 52.3 Å². The lowest BCUT2D eigenvalue weighted by atomic mass is 9.99. The molecule has 1 amide bonds. The molecule has 0 aromatic heterocycles. The van der Waals surface area contributed by atoms with E-state index in [0.29, 0.717) is 16.5 Å². The highest BCUT2D eigenvalue weighted by Gasteiger charge is 2.36. The number of nitrogens with zero attached hydrogens (tertiary/aromatic N) is 1. The van der Waals surface area contributed by atoms with Crippen LogP contribution in [0.5, 0.6) is 0 Å². The van der Waals surface area contributed by atoms with E-state index in [9.17, 15) is 4.79 Å². The Labute approximate surface area is 151 Å². The van der Waals surface area contributed by atoms with Crippen molar-refractivity contribution in [2.75, 3.05) is 0 Å². The molecule has 0 bridgehead atoms. The number of likely N-dealkylation sites (tertiary alicyclic amines) is 1. The second-order valence-electron chi connectivity index (χ2n) is 5.49. The quantitative estimate of drug-likeness (QED) is 0.344. The van der Waals surface area contributed by atoms with Gasteiger partial charge in [0.25, 0.3) is 0 Å². The second-order valence-corrected chi connectivity index (χ2v) is 7.00. The standard InChI is InChI=1S/C16H17Cl4NO/c1-4-5-10-6-7-11(22)21(10)9(3)12-8(2)13(17)15(19)16(20)14(12)18/h4,9-10H,1,5-7H2,2-3H3/t9-,10+/m0/s1. The average Bonchev–Trinajstić information content (AvgIpc) is 2.84. The monoisotopic (exact) mass is 379 g/mol. The van der Waals surface area contributed by atoms with Crippen LogP contribution in [-0.2, 0) is 4.79 Å². The van der Waals surface area contributed by atoms with E-state index in [2.05, 4.69) is 6.58 Å². The molecule has 2 nitrogen and oxygen atoms in total. The number of carbonyl (C=O) groups excluding carboxylic acids is 1. The van der Waals surface area contributed by atoms with E-state index in [4.69, 9.17) is 46.4 Å². The number of hydrogen-bond acceptors (Lipinski definition) is 1. The Bertz CT molecular complexity index is 600. The molecule has 0 unspecified atom stereocenters. The van der Waals surface area contributed by atoms with Crippen LogP contribution in [0, 0.1) is 6.92 Å². The van der Waals surface area contributed by atoms with Crippen LogP contribution >= 0.6 is 46.4 Å². The fraction of sp³-hybridized carbons (Fsp3) is 0.438. The summed E-state index contributed by atoms with van der Waals surface area (Å²) >= 11 is 24.9. The molecule has 1 saturated heterocycles. The first-order chi connectivity index (χ1) is 10.3. The Kier molecular flexibility index (Phi) is 5.71. The van der Waals surface area contributed by atoms with Crippen molar-refractivity contribution in [3.63, 3.8) is 0 Å². The molecule has 6 heteroatoms. The van der Waals surface area contributed by atoms with Crippen LogP contribution in [0.2, 0.25) is 20.1 Å². The van der Waals surface area contributed by atoms with Gasteiger partial charge >= 0.3 is 0 Å². The maximum Gasteiger partial charge on any atom is 0.223 e. The molecule has 2 atom stereocenters. The summed E-state index contributed by atoms with van der Waals surface area (Å²) in [6, 6.07) is -0.0941. The number of halogens is 4. The van der Waals surface area contributed by atoms with Gasteiger partial charge in [0.1, 0.15) is 0 Å². The molecule has 1 aliphatic heterocycles. The van der Waals surface area contributed by atoms with E-state index in [1.54, 1.807) is 0 Å². The van der Waals surface area contributed by atoms with Crippen molar-refractivity contribution in [2.45, 2.75) is 45.2 Å². The van der Waals surface area contributed by atoms with Crippen molar-refractivity contribution in [1.82, 2.24) is 4.90 Å². The molecule has 0 spiro atoms. The SMILES string of the molecule is C=CC[C@@H]1CCC(=O)N1[C@@H](C)c1c(C)c(Cl)c(Cl)c(Cl)c1Cl. The third-order valence-electron chi connectivity index (χ3n) is 4.19. The topological polar surface area (TPSA) is 20.3 Å². The fourth-order valence-corrected chi connectivity index (χ4v) is 4.23. The van der Waals surface area contributed by atoms with Gasteiger partial charge in [0.15, 0.2) is 0 Å². The lowest BCUT2D eigenvalue weighted by Crippen LogP contribution is -2.35. The number of rotatable bonds is 4. The lowest BCUT2D eigenvalue weighted by molar-refractivity contribution is -0.131. The molecule has 120 valence electrons. The Morgan fingerprint density at radius 2 is 1.82 bits per heavy atom. The van der Waals surface area contributed by atoms with E-state index >= 15 is 0 Å². The zero-order valence-corrected chi connectivity index (χ0v) is 15.5. The molecule has 1 aromatic carbocycles. The molecule has 22 heavy (non-hydrogen) atoms. The summed E-state index contributed by atoms with van der Waals surface area (Å²) in [7, 11) is 0. The summed E-state index contributed by atoms with van der Waals surface area (Å²) in [5.74, 6) is 0.108. The maximum absolute atomic E-state index is 12.3. The van der Waals surface area contributed by atoms with Gasteiger partial charge in [-0.25, -0.2) is 0 Å². The molecule has 0 radical (unpaired) electrons. The van der Waals surface area contributed by atoms with Crippen LogP contribution in [0.1, 0.15) is 43.4 Å². The minimum atomic E-state index is -0.222. The Morgan fingerprint density at radius 3 is 2.41 bits per heavy atom. The molecular formula is C16H17Cl4NO. The van der Waals surface area contributed by atoms with Gasteiger partial charge in [0.2, 0.25) is 5.91 Å². The van der Waals surface area contributed by atoms with E-state index < -0.39 is 0 Å². The Morgan fingerprint density at radius 1 is 1.23 bits per heavy atom. The van der Waals surface area contributed by atoms with Crippen LogP contribution in [0.4, 0.5) is 0 Å². The number of carbonyl (C=O) groups is 1. The van der Waals surface area contributed by atoms with Gasteiger partial charge in [-0.1, -0.05) is 52.5 Å². The Balaban J connectivity index is 2.51. The van der Waals surface area contributed by atoms with E-state index in [1.165, 1.54) is 0 Å². The summed E-state index contributed by atoms with van der Waals surface area (Å²) in [4.78, 5) is 14.1. The molecule has 1 aliphatic rings. The predicted molar refractivity (Wildman–Crippen MR) is 94.3 cm³/mol. The number of benzene rings is 1. The highest BCUT2D eigenvalue weighted by Crippen LogP contribution is 2.45. The first kappa shape index (κ1) is 17.9. The van der Waals surface area contributed by atoms with Crippen LogP contribution in [0.25, 0.3) is 0 Å². The van der Waals surface area contributed by atoms with Gasteiger partial charge < -0.3 is 4.90 Å². The van der Waals surface area contributed by atoms with E-state index in [-0.39, 0.29) is 28.0 Å². The largest absolute Gasteiger partial charge is 0.333 e. The highest BCUT2D eigenvalue weighted by atomic mass is 35.5. The van der Waals surface area contributed by atoms with Crippen molar-refractivity contribution < 1.29 is 4.79 Å². The third-order valence-corrected chi connectivity index (χ3v) is 6.11. The summed E-state index contributed by atoms with van der Waals surface area (Å²) in [5, 5.41) is 1.22. The van der Waals surface area contributed by atoms with Gasteiger partial charge in [-0.3, -0.25) is 4.79 Å². The molecule has 1 aromatic rings. The van der Waals surface area contributed by atoms with Crippen molar-refractivity contribution in [1.29, 1.82) is 0 Å². The van der Waals surface area contributed by atoms with Gasteiger partial charge in [0, 0.05) is 12.5 Å². The van der Waals surface area contributed by atoms with Gasteiger partial charge in [0.05, 0.1) is 26.1 Å². The fourth-order valence-electron chi connectivity index (χ4n) is 3.11. The molecule has 0 aliphatic carbocycles. The normalized spacial score (nSPS) is 19.6. The average molecular weight is 381 g/mol. The smallest absolute Gasteiger partial charge is 0.223 e.